The molecule has 128 valence electrons. The summed E-state index contributed by atoms with van der Waals surface area (Å²) in [6, 6.07) is 15.4. The van der Waals surface area contributed by atoms with Gasteiger partial charge >= 0.3 is 0 Å². The first-order chi connectivity index (χ1) is 11.1. The molecule has 0 saturated heterocycles. The van der Waals surface area contributed by atoms with Gasteiger partial charge in [-0.05, 0) is 41.7 Å². The zero-order valence-corrected chi connectivity index (χ0v) is 15.1. The van der Waals surface area contributed by atoms with Crippen molar-refractivity contribution in [3.05, 3.63) is 70.2 Å². The molecule has 0 aromatic heterocycles. The number of carbonyl (C=O) groups is 1. The highest BCUT2D eigenvalue weighted by Crippen LogP contribution is 2.33. The number of hydrogen-bond donors (Lipinski definition) is 2. The summed E-state index contributed by atoms with van der Waals surface area (Å²) in [5, 5.41) is 3.89. The first kappa shape index (κ1) is 18.8. The fourth-order valence-electron chi connectivity index (χ4n) is 3.17. The average molecular weight is 365 g/mol. The Kier molecular flexibility index (Phi) is 6.27. The molecule has 3 nitrogen and oxygen atoms in total. The standard InChI is InChI=1S/C19H21ClN2O.ClH/c1-12(18(21)13-5-3-2-4-6-13)19(23)22-17-10-7-14-11-15(20)8-9-16(14)17;/h2-6,8-9,11-12,17-18H,7,10,21H2,1H3,(H,22,23);1H. The maximum absolute atomic E-state index is 12.6. The zero-order chi connectivity index (χ0) is 16.4. The number of halogens is 2. The maximum Gasteiger partial charge on any atom is 0.225 e. The highest BCUT2D eigenvalue weighted by Gasteiger charge is 2.28. The molecule has 0 aliphatic heterocycles. The lowest BCUT2D eigenvalue weighted by Gasteiger charge is -2.22. The van der Waals surface area contributed by atoms with Crippen molar-refractivity contribution in [2.75, 3.05) is 0 Å². The minimum absolute atomic E-state index is 0. The van der Waals surface area contributed by atoms with Gasteiger partial charge in [0.2, 0.25) is 5.91 Å². The SMILES string of the molecule is CC(C(=O)NC1CCc2cc(Cl)ccc21)C(N)c1ccccc1.Cl. The molecule has 0 radical (unpaired) electrons. The van der Waals surface area contributed by atoms with Gasteiger partial charge in [0.05, 0.1) is 12.0 Å². The summed E-state index contributed by atoms with van der Waals surface area (Å²) in [6.07, 6.45) is 1.86. The van der Waals surface area contributed by atoms with Crippen LogP contribution in [-0.2, 0) is 11.2 Å². The van der Waals surface area contributed by atoms with E-state index >= 15 is 0 Å². The van der Waals surface area contributed by atoms with E-state index in [1.165, 1.54) is 11.1 Å². The Morgan fingerprint density at radius 3 is 2.67 bits per heavy atom. The van der Waals surface area contributed by atoms with Crippen molar-refractivity contribution in [3.8, 4) is 0 Å². The number of fused-ring (bicyclic) bond motifs is 1. The van der Waals surface area contributed by atoms with Gasteiger partial charge in [0.25, 0.3) is 0 Å². The topological polar surface area (TPSA) is 55.1 Å². The summed E-state index contributed by atoms with van der Waals surface area (Å²) in [7, 11) is 0. The number of hydrogen-bond acceptors (Lipinski definition) is 2. The third kappa shape index (κ3) is 3.92. The molecular weight excluding hydrogens is 343 g/mol. The zero-order valence-electron chi connectivity index (χ0n) is 13.5. The Bertz CT molecular complexity index is 706. The summed E-state index contributed by atoms with van der Waals surface area (Å²) in [5.41, 5.74) is 9.62. The Labute approximate surface area is 154 Å². The van der Waals surface area contributed by atoms with Gasteiger partial charge in [-0.3, -0.25) is 4.79 Å². The van der Waals surface area contributed by atoms with Gasteiger partial charge in [-0.25, -0.2) is 0 Å². The number of nitrogens with two attached hydrogens (primary N) is 1. The van der Waals surface area contributed by atoms with Crippen molar-refractivity contribution in [1.82, 2.24) is 5.32 Å². The molecule has 0 bridgehead atoms. The van der Waals surface area contributed by atoms with Crippen LogP contribution in [0.3, 0.4) is 0 Å². The second-order valence-corrected chi connectivity index (χ2v) is 6.60. The van der Waals surface area contributed by atoms with Crippen LogP contribution in [0, 0.1) is 5.92 Å². The summed E-state index contributed by atoms with van der Waals surface area (Å²) < 4.78 is 0. The lowest BCUT2D eigenvalue weighted by molar-refractivity contribution is -0.125. The molecule has 0 spiro atoms. The maximum atomic E-state index is 12.6. The van der Waals surface area contributed by atoms with E-state index < -0.39 is 0 Å². The van der Waals surface area contributed by atoms with Crippen LogP contribution in [-0.4, -0.2) is 5.91 Å². The third-order valence-electron chi connectivity index (χ3n) is 4.64. The normalized spacial score (nSPS) is 18.2. The molecule has 1 aliphatic carbocycles. The number of rotatable bonds is 4. The van der Waals surface area contributed by atoms with Gasteiger partial charge in [-0.1, -0.05) is 54.9 Å². The molecule has 3 N–H and O–H groups in total. The Morgan fingerprint density at radius 2 is 1.96 bits per heavy atom. The van der Waals surface area contributed by atoms with E-state index in [9.17, 15) is 4.79 Å². The molecule has 3 atom stereocenters. The van der Waals surface area contributed by atoms with Gasteiger partial charge in [0.1, 0.15) is 0 Å². The molecule has 0 saturated carbocycles. The lowest BCUT2D eigenvalue weighted by atomic mass is 9.94. The van der Waals surface area contributed by atoms with Gasteiger partial charge in [-0.15, -0.1) is 12.4 Å². The number of carbonyl (C=O) groups excluding carboxylic acids is 1. The summed E-state index contributed by atoms with van der Waals surface area (Å²) in [5.74, 6) is -0.289. The van der Waals surface area contributed by atoms with Gasteiger partial charge in [-0.2, -0.15) is 0 Å². The van der Waals surface area contributed by atoms with Crippen LogP contribution in [0.1, 0.15) is 42.1 Å². The van der Waals surface area contributed by atoms with Crippen molar-refractivity contribution in [2.45, 2.75) is 31.8 Å². The molecule has 0 fully saturated rings. The first-order valence-electron chi connectivity index (χ1n) is 7.95. The van der Waals surface area contributed by atoms with Crippen LogP contribution < -0.4 is 11.1 Å². The monoisotopic (exact) mass is 364 g/mol. The molecule has 3 unspecified atom stereocenters. The molecule has 24 heavy (non-hydrogen) atoms. The summed E-state index contributed by atoms with van der Waals surface area (Å²) >= 11 is 6.03. The molecule has 5 heteroatoms. The highest BCUT2D eigenvalue weighted by molar-refractivity contribution is 6.30. The minimum atomic E-state index is -0.303. The van der Waals surface area contributed by atoms with Crippen LogP contribution in [0.2, 0.25) is 5.02 Å². The molecule has 3 rings (SSSR count). The molecule has 1 amide bonds. The highest BCUT2D eigenvalue weighted by atomic mass is 35.5. The van der Waals surface area contributed by atoms with E-state index in [1.54, 1.807) is 0 Å². The third-order valence-corrected chi connectivity index (χ3v) is 4.87. The van der Waals surface area contributed by atoms with E-state index in [-0.39, 0.29) is 36.3 Å². The smallest absolute Gasteiger partial charge is 0.225 e. The Hall–Kier alpha value is -1.55. The van der Waals surface area contributed by atoms with E-state index in [0.29, 0.717) is 0 Å². The fraction of sp³-hybridized carbons (Fsp3) is 0.316. The second kappa shape index (κ2) is 8.02. The van der Waals surface area contributed by atoms with Crippen LogP contribution in [0.15, 0.2) is 48.5 Å². The van der Waals surface area contributed by atoms with Gasteiger partial charge in [0.15, 0.2) is 0 Å². The van der Waals surface area contributed by atoms with Crippen molar-refractivity contribution in [3.63, 3.8) is 0 Å². The summed E-state index contributed by atoms with van der Waals surface area (Å²) in [4.78, 5) is 12.6. The lowest BCUT2D eigenvalue weighted by Crippen LogP contribution is -2.37. The fourth-order valence-corrected chi connectivity index (χ4v) is 3.36. The first-order valence-corrected chi connectivity index (χ1v) is 8.33. The van der Waals surface area contributed by atoms with Crippen LogP contribution in [0.5, 0.6) is 0 Å². The predicted molar refractivity (Wildman–Crippen MR) is 100 cm³/mol. The van der Waals surface area contributed by atoms with E-state index in [1.807, 2.05) is 55.5 Å². The molecule has 1 aliphatic rings. The predicted octanol–water partition coefficient (Wildman–Crippen LogP) is 4.20. The van der Waals surface area contributed by atoms with Crippen molar-refractivity contribution >= 4 is 29.9 Å². The van der Waals surface area contributed by atoms with Crippen molar-refractivity contribution in [1.29, 1.82) is 0 Å². The number of benzene rings is 2. The average Bonchev–Trinajstić information content (AvgIpc) is 2.96. The van der Waals surface area contributed by atoms with Crippen LogP contribution in [0.25, 0.3) is 0 Å². The largest absolute Gasteiger partial charge is 0.349 e. The Morgan fingerprint density at radius 1 is 1.25 bits per heavy atom. The molecule has 2 aromatic rings. The van der Waals surface area contributed by atoms with E-state index in [4.69, 9.17) is 17.3 Å². The minimum Gasteiger partial charge on any atom is -0.349 e. The van der Waals surface area contributed by atoms with Crippen molar-refractivity contribution in [2.24, 2.45) is 11.7 Å². The van der Waals surface area contributed by atoms with Crippen LogP contribution >= 0.6 is 24.0 Å². The Balaban J connectivity index is 0.00000208. The quantitative estimate of drug-likeness (QED) is 0.853. The molecule has 2 aromatic carbocycles. The molecular formula is C19H22Cl2N2O. The summed E-state index contributed by atoms with van der Waals surface area (Å²) in [6.45, 7) is 1.88. The van der Waals surface area contributed by atoms with Crippen LogP contribution in [0.4, 0.5) is 0 Å². The number of amides is 1. The number of aryl methyl sites for hydroxylation is 1. The van der Waals surface area contributed by atoms with E-state index in [2.05, 4.69) is 5.32 Å². The van der Waals surface area contributed by atoms with Gasteiger partial charge in [0, 0.05) is 11.1 Å². The van der Waals surface area contributed by atoms with Gasteiger partial charge < -0.3 is 11.1 Å². The van der Waals surface area contributed by atoms with Crippen molar-refractivity contribution < 1.29 is 4.79 Å². The number of nitrogens with one attached hydrogen (secondary N) is 1. The second-order valence-electron chi connectivity index (χ2n) is 6.17. The van der Waals surface area contributed by atoms with E-state index in [0.717, 1.165) is 23.4 Å². The molecule has 0 heterocycles.